The van der Waals surface area contributed by atoms with E-state index in [2.05, 4.69) is 10.1 Å². The van der Waals surface area contributed by atoms with Crippen LogP contribution in [0.4, 0.5) is 5.69 Å². The summed E-state index contributed by atoms with van der Waals surface area (Å²) in [4.78, 5) is 15.0. The second-order valence-corrected chi connectivity index (χ2v) is 5.85. The lowest BCUT2D eigenvalue weighted by Gasteiger charge is -2.08. The molecule has 0 saturated heterocycles. The molecule has 0 radical (unpaired) electrons. The van der Waals surface area contributed by atoms with Gasteiger partial charge in [-0.1, -0.05) is 28.4 Å². The predicted molar refractivity (Wildman–Crippen MR) is 94.9 cm³/mol. The van der Waals surface area contributed by atoms with E-state index >= 15 is 0 Å². The minimum Gasteiger partial charge on any atom is -0.493 e. The molecular formula is C16H11Cl2N3O5. The van der Waals surface area contributed by atoms with E-state index in [0.717, 1.165) is 0 Å². The Morgan fingerprint density at radius 3 is 2.46 bits per heavy atom. The first-order chi connectivity index (χ1) is 12.4. The number of nitro groups is 1. The molecule has 10 heteroatoms. The zero-order chi connectivity index (χ0) is 18.8. The minimum atomic E-state index is -0.582. The number of nitro benzene ring substituents is 1. The van der Waals surface area contributed by atoms with Crippen molar-refractivity contribution in [2.75, 3.05) is 14.2 Å². The minimum absolute atomic E-state index is 0.00507. The van der Waals surface area contributed by atoms with Crippen LogP contribution in [0.5, 0.6) is 11.5 Å². The number of halogens is 2. The van der Waals surface area contributed by atoms with Crippen molar-refractivity contribution in [2.45, 2.75) is 0 Å². The van der Waals surface area contributed by atoms with Crippen LogP contribution >= 0.6 is 23.2 Å². The van der Waals surface area contributed by atoms with Gasteiger partial charge >= 0.3 is 5.69 Å². The Hall–Kier alpha value is -2.84. The highest BCUT2D eigenvalue weighted by molar-refractivity contribution is 6.42. The smallest absolute Gasteiger partial charge is 0.315 e. The Balaban J connectivity index is 2.07. The molecule has 0 amide bonds. The van der Waals surface area contributed by atoms with Gasteiger partial charge in [0, 0.05) is 11.6 Å². The maximum Gasteiger partial charge on any atom is 0.315 e. The van der Waals surface area contributed by atoms with E-state index in [9.17, 15) is 10.1 Å². The fourth-order valence-electron chi connectivity index (χ4n) is 2.30. The summed E-state index contributed by atoms with van der Waals surface area (Å²) in [5, 5.41) is 15.9. The van der Waals surface area contributed by atoms with Gasteiger partial charge in [0.2, 0.25) is 11.6 Å². The third kappa shape index (κ3) is 3.29. The van der Waals surface area contributed by atoms with Crippen molar-refractivity contribution >= 4 is 28.9 Å². The van der Waals surface area contributed by atoms with Crippen LogP contribution in [0.1, 0.15) is 0 Å². The molecule has 0 bridgehead atoms. The molecule has 1 aromatic heterocycles. The van der Waals surface area contributed by atoms with Crippen LogP contribution < -0.4 is 9.47 Å². The molecule has 2 aromatic carbocycles. The van der Waals surface area contributed by atoms with Crippen molar-refractivity contribution in [3.63, 3.8) is 0 Å². The molecule has 0 unspecified atom stereocenters. The van der Waals surface area contributed by atoms with Gasteiger partial charge in [-0.15, -0.1) is 0 Å². The second kappa shape index (κ2) is 7.19. The average Bonchev–Trinajstić information content (AvgIpc) is 3.12. The van der Waals surface area contributed by atoms with Gasteiger partial charge in [-0.05, 0) is 24.3 Å². The summed E-state index contributed by atoms with van der Waals surface area (Å²) in [5.41, 5.74) is 0.619. The molecule has 0 atom stereocenters. The summed E-state index contributed by atoms with van der Waals surface area (Å²) < 4.78 is 15.4. The van der Waals surface area contributed by atoms with Crippen LogP contribution in [0.25, 0.3) is 22.8 Å². The number of hydrogen-bond acceptors (Lipinski definition) is 7. The van der Waals surface area contributed by atoms with Gasteiger partial charge in [-0.3, -0.25) is 10.1 Å². The average molecular weight is 396 g/mol. The van der Waals surface area contributed by atoms with Gasteiger partial charge in [0.05, 0.1) is 34.8 Å². The van der Waals surface area contributed by atoms with Crippen LogP contribution in [0, 0.1) is 10.1 Å². The van der Waals surface area contributed by atoms with Gasteiger partial charge in [-0.25, -0.2) is 0 Å². The number of hydrogen-bond donors (Lipinski definition) is 0. The Morgan fingerprint density at radius 1 is 1.08 bits per heavy atom. The Bertz CT molecular complexity index is 990. The predicted octanol–water partition coefficient (Wildman–Crippen LogP) is 4.64. The lowest BCUT2D eigenvalue weighted by atomic mass is 10.1. The molecule has 0 fully saturated rings. The molecular weight excluding hydrogens is 385 g/mol. The van der Waals surface area contributed by atoms with Crippen LogP contribution in [0.3, 0.4) is 0 Å². The molecule has 0 saturated carbocycles. The summed E-state index contributed by atoms with van der Waals surface area (Å²) >= 11 is 11.9. The van der Waals surface area contributed by atoms with Crippen molar-refractivity contribution in [1.29, 1.82) is 0 Å². The molecule has 26 heavy (non-hydrogen) atoms. The molecule has 0 aliphatic rings. The summed E-state index contributed by atoms with van der Waals surface area (Å²) in [6, 6.07) is 7.66. The monoisotopic (exact) mass is 395 g/mol. The van der Waals surface area contributed by atoms with E-state index in [1.54, 1.807) is 18.2 Å². The van der Waals surface area contributed by atoms with Gasteiger partial charge in [-0.2, -0.15) is 4.98 Å². The van der Waals surface area contributed by atoms with E-state index in [4.69, 9.17) is 37.2 Å². The highest BCUT2D eigenvalue weighted by Crippen LogP contribution is 2.41. The van der Waals surface area contributed by atoms with Gasteiger partial charge in [0.25, 0.3) is 5.89 Å². The third-order valence-electron chi connectivity index (χ3n) is 3.51. The summed E-state index contributed by atoms with van der Waals surface area (Å²) in [5.74, 6) is 0.516. The Morgan fingerprint density at radius 2 is 1.85 bits per heavy atom. The van der Waals surface area contributed by atoms with Crippen LogP contribution in [-0.4, -0.2) is 29.3 Å². The fraction of sp³-hybridized carbons (Fsp3) is 0.125. The van der Waals surface area contributed by atoms with E-state index in [1.165, 1.54) is 26.4 Å². The quantitative estimate of drug-likeness (QED) is 0.458. The van der Waals surface area contributed by atoms with Crippen molar-refractivity contribution in [2.24, 2.45) is 0 Å². The maximum atomic E-state index is 11.3. The van der Waals surface area contributed by atoms with E-state index in [0.29, 0.717) is 21.2 Å². The zero-order valence-electron chi connectivity index (χ0n) is 13.5. The lowest BCUT2D eigenvalue weighted by molar-refractivity contribution is -0.385. The first-order valence-electron chi connectivity index (χ1n) is 7.14. The van der Waals surface area contributed by atoms with E-state index in [1.807, 2.05) is 0 Å². The first-order valence-corrected chi connectivity index (χ1v) is 7.90. The van der Waals surface area contributed by atoms with Crippen molar-refractivity contribution in [1.82, 2.24) is 10.1 Å². The molecule has 134 valence electrons. The van der Waals surface area contributed by atoms with Crippen LogP contribution in [-0.2, 0) is 0 Å². The summed E-state index contributed by atoms with van der Waals surface area (Å²) in [6.45, 7) is 0. The van der Waals surface area contributed by atoms with E-state index in [-0.39, 0.29) is 28.9 Å². The van der Waals surface area contributed by atoms with Crippen molar-refractivity contribution < 1.29 is 18.9 Å². The van der Waals surface area contributed by atoms with Crippen LogP contribution in [0.15, 0.2) is 34.9 Å². The molecule has 3 rings (SSSR count). The highest BCUT2D eigenvalue weighted by Gasteiger charge is 2.24. The van der Waals surface area contributed by atoms with Gasteiger partial charge < -0.3 is 14.0 Å². The van der Waals surface area contributed by atoms with Gasteiger partial charge in [0.15, 0.2) is 5.75 Å². The lowest BCUT2D eigenvalue weighted by Crippen LogP contribution is -1.98. The topological polar surface area (TPSA) is 101 Å². The van der Waals surface area contributed by atoms with E-state index < -0.39 is 4.92 Å². The number of aromatic nitrogens is 2. The number of methoxy groups -OCH3 is 2. The molecule has 0 spiro atoms. The van der Waals surface area contributed by atoms with Crippen molar-refractivity contribution in [3.8, 4) is 34.3 Å². The Kier molecular flexibility index (Phi) is 4.97. The second-order valence-electron chi connectivity index (χ2n) is 5.04. The molecule has 8 nitrogen and oxygen atoms in total. The van der Waals surface area contributed by atoms with Gasteiger partial charge in [0.1, 0.15) is 0 Å². The number of nitrogens with zero attached hydrogens (tertiary/aromatic N) is 3. The maximum absolute atomic E-state index is 11.3. The third-order valence-corrected chi connectivity index (χ3v) is 4.25. The summed E-state index contributed by atoms with van der Waals surface area (Å²) in [7, 11) is 2.69. The summed E-state index contributed by atoms with van der Waals surface area (Å²) in [6.07, 6.45) is 0. The molecule has 0 N–H and O–H groups in total. The number of ether oxygens (including phenoxy) is 2. The standard InChI is InChI=1S/C16H11Cl2N3O5/c1-24-13-7-9(6-12(21(22)23)14(13)25-2)16-19-15(20-26-16)8-3-4-10(17)11(18)5-8/h3-7H,1-2H3. The molecule has 0 aliphatic heterocycles. The first kappa shape index (κ1) is 18.0. The normalized spacial score (nSPS) is 10.6. The molecule has 1 heterocycles. The highest BCUT2D eigenvalue weighted by atomic mass is 35.5. The molecule has 3 aromatic rings. The zero-order valence-corrected chi connectivity index (χ0v) is 15.0. The largest absolute Gasteiger partial charge is 0.493 e. The van der Waals surface area contributed by atoms with Crippen molar-refractivity contribution in [3.05, 3.63) is 50.5 Å². The van der Waals surface area contributed by atoms with Crippen LogP contribution in [0.2, 0.25) is 10.0 Å². The number of rotatable bonds is 5. The SMILES string of the molecule is COc1cc(-c2nc(-c3ccc(Cl)c(Cl)c3)no2)cc([N+](=O)[O-])c1OC. The molecule has 0 aliphatic carbocycles. The Labute approximate surface area is 157 Å². The fourth-order valence-corrected chi connectivity index (χ4v) is 2.59. The number of benzene rings is 2.